The summed E-state index contributed by atoms with van der Waals surface area (Å²) >= 11 is 3.28. The van der Waals surface area contributed by atoms with Crippen molar-refractivity contribution in [1.82, 2.24) is 0 Å². The molecular weight excluding hydrogens is 285 g/mol. The van der Waals surface area contributed by atoms with Gasteiger partial charge in [0.1, 0.15) is 23.4 Å². The van der Waals surface area contributed by atoms with Crippen LogP contribution in [0, 0.1) is 17.1 Å². The Morgan fingerprint density at radius 1 is 1.12 bits per heavy atom. The van der Waals surface area contributed by atoms with Gasteiger partial charge in [0, 0.05) is 4.47 Å². The van der Waals surface area contributed by atoms with Gasteiger partial charge in [-0.2, -0.15) is 5.26 Å². The van der Waals surface area contributed by atoms with Crippen molar-refractivity contribution in [2.24, 2.45) is 0 Å². The molecule has 2 nitrogen and oxygen atoms in total. The second-order valence-corrected chi connectivity index (χ2v) is 4.22. The van der Waals surface area contributed by atoms with Gasteiger partial charge in [-0.3, -0.25) is 0 Å². The highest BCUT2D eigenvalue weighted by Gasteiger charge is 2.05. The molecule has 0 bridgehead atoms. The number of ether oxygens (including phenoxy) is 1. The van der Waals surface area contributed by atoms with Gasteiger partial charge >= 0.3 is 0 Å². The molecule has 17 heavy (non-hydrogen) atoms. The van der Waals surface area contributed by atoms with Gasteiger partial charge in [0.05, 0.1) is 5.56 Å². The van der Waals surface area contributed by atoms with Gasteiger partial charge in [0.15, 0.2) is 0 Å². The largest absolute Gasteiger partial charge is 0.456 e. The summed E-state index contributed by atoms with van der Waals surface area (Å²) < 4.78 is 19.0. The highest BCUT2D eigenvalue weighted by Crippen LogP contribution is 2.27. The van der Waals surface area contributed by atoms with Gasteiger partial charge in [-0.05, 0) is 42.5 Å². The van der Waals surface area contributed by atoms with Crippen molar-refractivity contribution in [3.63, 3.8) is 0 Å². The zero-order chi connectivity index (χ0) is 12.3. The summed E-state index contributed by atoms with van der Waals surface area (Å²) in [6.45, 7) is 0. The lowest BCUT2D eigenvalue weighted by atomic mass is 10.2. The molecular formula is C13H7BrFNO. The molecule has 0 aliphatic rings. The van der Waals surface area contributed by atoms with Crippen LogP contribution < -0.4 is 4.74 Å². The minimum Gasteiger partial charge on any atom is -0.456 e. The van der Waals surface area contributed by atoms with Crippen LogP contribution in [-0.2, 0) is 0 Å². The highest BCUT2D eigenvalue weighted by atomic mass is 79.9. The lowest BCUT2D eigenvalue weighted by Crippen LogP contribution is -1.88. The third kappa shape index (κ3) is 2.83. The maximum atomic E-state index is 12.7. The standard InChI is InChI=1S/C13H7BrFNO/c14-10-1-6-13(9(7-10)8-16)17-12-4-2-11(15)3-5-12/h1-7H. The van der Waals surface area contributed by atoms with Crippen LogP contribution in [0.3, 0.4) is 0 Å². The van der Waals surface area contributed by atoms with E-state index in [1.54, 1.807) is 18.2 Å². The maximum absolute atomic E-state index is 12.7. The number of nitrogens with zero attached hydrogens (tertiary/aromatic N) is 1. The van der Waals surface area contributed by atoms with Crippen LogP contribution in [0.2, 0.25) is 0 Å². The van der Waals surface area contributed by atoms with E-state index in [2.05, 4.69) is 15.9 Å². The van der Waals surface area contributed by atoms with Crippen molar-refractivity contribution in [3.8, 4) is 17.6 Å². The Kier molecular flexibility index (Phi) is 3.40. The fraction of sp³-hybridized carbons (Fsp3) is 0. The van der Waals surface area contributed by atoms with Gasteiger partial charge in [-0.15, -0.1) is 0 Å². The van der Waals surface area contributed by atoms with E-state index in [4.69, 9.17) is 10.00 Å². The monoisotopic (exact) mass is 291 g/mol. The van der Waals surface area contributed by atoms with Crippen molar-refractivity contribution in [1.29, 1.82) is 5.26 Å². The SMILES string of the molecule is N#Cc1cc(Br)ccc1Oc1ccc(F)cc1. The van der Waals surface area contributed by atoms with Crippen molar-refractivity contribution < 1.29 is 9.13 Å². The van der Waals surface area contributed by atoms with Gasteiger partial charge in [-0.1, -0.05) is 15.9 Å². The molecule has 0 amide bonds. The molecule has 0 unspecified atom stereocenters. The van der Waals surface area contributed by atoms with Crippen molar-refractivity contribution >= 4 is 15.9 Å². The van der Waals surface area contributed by atoms with Crippen LogP contribution in [0.25, 0.3) is 0 Å². The molecule has 0 spiro atoms. The lowest BCUT2D eigenvalue weighted by molar-refractivity contribution is 0.479. The van der Waals surface area contributed by atoms with Crippen LogP contribution in [0.5, 0.6) is 11.5 Å². The molecule has 0 aliphatic heterocycles. The van der Waals surface area contributed by atoms with E-state index in [1.807, 2.05) is 6.07 Å². The molecule has 0 saturated carbocycles. The molecule has 0 heterocycles. The van der Waals surface area contributed by atoms with Crippen LogP contribution in [0.1, 0.15) is 5.56 Å². The van der Waals surface area contributed by atoms with E-state index in [0.717, 1.165) is 4.47 Å². The summed E-state index contributed by atoms with van der Waals surface area (Å²) in [7, 11) is 0. The summed E-state index contributed by atoms with van der Waals surface area (Å²) in [5.74, 6) is 0.612. The Bertz CT molecular complexity index is 575. The van der Waals surface area contributed by atoms with E-state index in [1.165, 1.54) is 24.3 Å². The summed E-state index contributed by atoms with van der Waals surface area (Å²) in [4.78, 5) is 0. The third-order valence-corrected chi connectivity index (χ3v) is 2.60. The Balaban J connectivity index is 2.30. The van der Waals surface area contributed by atoms with Gasteiger partial charge in [0.25, 0.3) is 0 Å². The molecule has 0 fully saturated rings. The number of hydrogen-bond acceptors (Lipinski definition) is 2. The smallest absolute Gasteiger partial charge is 0.145 e. The topological polar surface area (TPSA) is 33.0 Å². The highest BCUT2D eigenvalue weighted by molar-refractivity contribution is 9.10. The Morgan fingerprint density at radius 2 is 1.82 bits per heavy atom. The molecule has 4 heteroatoms. The molecule has 84 valence electrons. The average Bonchev–Trinajstić information content (AvgIpc) is 2.34. The molecule has 0 aliphatic carbocycles. The second-order valence-electron chi connectivity index (χ2n) is 3.31. The van der Waals surface area contributed by atoms with Crippen LogP contribution in [-0.4, -0.2) is 0 Å². The summed E-state index contributed by atoms with van der Waals surface area (Å²) in [6, 6.07) is 12.8. The normalized spacial score (nSPS) is 9.71. The molecule has 0 N–H and O–H groups in total. The first kappa shape index (κ1) is 11.6. The van der Waals surface area contributed by atoms with E-state index in [9.17, 15) is 4.39 Å². The molecule has 2 aromatic carbocycles. The summed E-state index contributed by atoms with van der Waals surface area (Å²) in [5, 5.41) is 8.95. The fourth-order valence-electron chi connectivity index (χ4n) is 1.31. The first-order valence-electron chi connectivity index (χ1n) is 4.82. The summed E-state index contributed by atoms with van der Waals surface area (Å²) in [5.41, 5.74) is 0.420. The Labute approximate surface area is 106 Å². The first-order chi connectivity index (χ1) is 8.19. The number of rotatable bonds is 2. The van der Waals surface area contributed by atoms with Gasteiger partial charge in [0.2, 0.25) is 0 Å². The second kappa shape index (κ2) is 4.98. The van der Waals surface area contributed by atoms with Gasteiger partial charge < -0.3 is 4.74 Å². The molecule has 0 radical (unpaired) electrons. The Morgan fingerprint density at radius 3 is 2.47 bits per heavy atom. The van der Waals surface area contributed by atoms with Gasteiger partial charge in [-0.25, -0.2) is 4.39 Å². The average molecular weight is 292 g/mol. The maximum Gasteiger partial charge on any atom is 0.145 e. The minimum absolute atomic E-state index is 0.325. The van der Waals surface area contributed by atoms with Crippen LogP contribution >= 0.6 is 15.9 Å². The Hall–Kier alpha value is -1.86. The quantitative estimate of drug-likeness (QED) is 0.828. The molecule has 0 atom stereocenters. The van der Waals surface area contributed by atoms with Crippen molar-refractivity contribution in [3.05, 3.63) is 58.3 Å². The molecule has 2 aromatic rings. The van der Waals surface area contributed by atoms with Crippen molar-refractivity contribution in [2.45, 2.75) is 0 Å². The number of halogens is 2. The zero-order valence-corrected chi connectivity index (χ0v) is 10.2. The number of nitriles is 1. The van der Waals surface area contributed by atoms with Crippen LogP contribution in [0.4, 0.5) is 4.39 Å². The fourth-order valence-corrected chi connectivity index (χ4v) is 1.67. The molecule has 2 rings (SSSR count). The molecule has 0 saturated heterocycles. The van der Waals surface area contributed by atoms with E-state index < -0.39 is 0 Å². The van der Waals surface area contributed by atoms with Crippen molar-refractivity contribution in [2.75, 3.05) is 0 Å². The minimum atomic E-state index is -0.325. The predicted octanol–water partition coefficient (Wildman–Crippen LogP) is 4.25. The number of hydrogen-bond donors (Lipinski definition) is 0. The summed E-state index contributed by atoms with van der Waals surface area (Å²) in [6.07, 6.45) is 0. The first-order valence-corrected chi connectivity index (χ1v) is 5.61. The molecule has 0 aromatic heterocycles. The number of benzene rings is 2. The predicted molar refractivity (Wildman–Crippen MR) is 65.3 cm³/mol. The zero-order valence-electron chi connectivity index (χ0n) is 8.65. The van der Waals surface area contributed by atoms with E-state index in [0.29, 0.717) is 17.1 Å². The third-order valence-electron chi connectivity index (χ3n) is 2.10. The van der Waals surface area contributed by atoms with E-state index >= 15 is 0 Å². The van der Waals surface area contributed by atoms with Crippen LogP contribution in [0.15, 0.2) is 46.9 Å². The van der Waals surface area contributed by atoms with E-state index in [-0.39, 0.29) is 5.82 Å². The lowest BCUT2D eigenvalue weighted by Gasteiger charge is -2.07.